The molecule has 5 nitrogen and oxygen atoms in total. The molecule has 0 radical (unpaired) electrons. The highest BCUT2D eigenvalue weighted by molar-refractivity contribution is 9.10. The first-order chi connectivity index (χ1) is 9.52. The van der Waals surface area contributed by atoms with Crippen molar-refractivity contribution in [3.63, 3.8) is 0 Å². The molecule has 112 valence electrons. The Morgan fingerprint density at radius 1 is 1.55 bits per heavy atom. The van der Waals surface area contributed by atoms with Crippen LogP contribution in [0.4, 0.5) is 5.69 Å². The van der Waals surface area contributed by atoms with Crippen LogP contribution in [0.25, 0.3) is 0 Å². The normalized spacial score (nSPS) is 18.4. The summed E-state index contributed by atoms with van der Waals surface area (Å²) < 4.78 is 2.22. The minimum absolute atomic E-state index is 0.0172. The first kappa shape index (κ1) is 15.5. The largest absolute Gasteiger partial charge is 0.396 e. The lowest BCUT2D eigenvalue weighted by atomic mass is 9.85. The summed E-state index contributed by atoms with van der Waals surface area (Å²) in [6.45, 7) is 4.70. The number of anilines is 1. The molecular formula is C14H22BrN3O2. The van der Waals surface area contributed by atoms with E-state index in [1.807, 2.05) is 13.8 Å². The van der Waals surface area contributed by atoms with Gasteiger partial charge in [-0.1, -0.05) is 13.3 Å². The second kappa shape index (κ2) is 6.72. The minimum Gasteiger partial charge on any atom is -0.396 e. The van der Waals surface area contributed by atoms with Crippen LogP contribution in [-0.2, 0) is 6.54 Å². The van der Waals surface area contributed by atoms with Gasteiger partial charge in [0.2, 0.25) is 0 Å². The molecule has 0 amide bonds. The quantitative estimate of drug-likeness (QED) is 0.831. The average molecular weight is 344 g/mol. The van der Waals surface area contributed by atoms with E-state index in [0.717, 1.165) is 0 Å². The van der Waals surface area contributed by atoms with Crippen LogP contribution in [0.3, 0.4) is 0 Å². The average Bonchev–Trinajstić information content (AvgIpc) is 2.39. The fraction of sp³-hybridized carbons (Fsp3) is 0.714. The molecule has 1 aromatic rings. The number of aliphatic hydroxyl groups excluding tert-OH is 1. The summed E-state index contributed by atoms with van der Waals surface area (Å²) in [5.74, 6) is 0.664. The number of nitrogens with zero attached hydrogens (tertiary/aromatic N) is 2. The number of aliphatic hydroxyl groups is 1. The number of hydrogen-bond donors (Lipinski definition) is 2. The molecule has 20 heavy (non-hydrogen) atoms. The van der Waals surface area contributed by atoms with E-state index in [1.54, 1.807) is 10.9 Å². The highest BCUT2D eigenvalue weighted by Crippen LogP contribution is 2.27. The lowest BCUT2D eigenvalue weighted by Crippen LogP contribution is -2.34. The van der Waals surface area contributed by atoms with Crippen LogP contribution in [-0.4, -0.2) is 27.5 Å². The van der Waals surface area contributed by atoms with E-state index < -0.39 is 0 Å². The van der Waals surface area contributed by atoms with Gasteiger partial charge in [0.05, 0.1) is 10.7 Å². The lowest BCUT2D eigenvalue weighted by Gasteiger charge is -2.26. The number of aromatic nitrogens is 2. The fourth-order valence-electron chi connectivity index (χ4n) is 2.18. The van der Waals surface area contributed by atoms with Gasteiger partial charge in [0.25, 0.3) is 5.56 Å². The molecule has 2 atom stereocenters. The van der Waals surface area contributed by atoms with Crippen molar-refractivity contribution in [3.05, 3.63) is 21.0 Å². The summed E-state index contributed by atoms with van der Waals surface area (Å²) >= 11 is 3.38. The Morgan fingerprint density at radius 3 is 2.80 bits per heavy atom. The molecule has 0 spiro atoms. The summed E-state index contributed by atoms with van der Waals surface area (Å²) in [6.07, 6.45) is 5.29. The molecule has 2 unspecified atom stereocenters. The molecule has 1 aliphatic carbocycles. The number of rotatable bonds is 6. The van der Waals surface area contributed by atoms with E-state index in [-0.39, 0.29) is 24.1 Å². The van der Waals surface area contributed by atoms with Gasteiger partial charge in [0.1, 0.15) is 5.69 Å². The standard InChI is InChI=1S/C14H22BrN3O2/c1-9(8-19)10(2)17-13-12(15)6-16-18(14(13)20)7-11-4-3-5-11/h6,9-11,17,19H,3-5,7-8H2,1-2H3. The molecule has 2 N–H and O–H groups in total. The lowest BCUT2D eigenvalue weighted by molar-refractivity contribution is 0.226. The van der Waals surface area contributed by atoms with Gasteiger partial charge in [-0.15, -0.1) is 0 Å². The number of hydrogen-bond acceptors (Lipinski definition) is 4. The van der Waals surface area contributed by atoms with E-state index in [9.17, 15) is 9.90 Å². The zero-order valence-electron chi connectivity index (χ0n) is 12.0. The highest BCUT2D eigenvalue weighted by Gasteiger charge is 2.21. The second-order valence-corrected chi connectivity index (χ2v) is 6.60. The number of nitrogens with one attached hydrogen (secondary N) is 1. The van der Waals surface area contributed by atoms with Crippen molar-refractivity contribution < 1.29 is 5.11 Å². The molecule has 1 saturated carbocycles. The predicted octanol–water partition coefficient (Wildman–Crippen LogP) is 2.23. The maximum absolute atomic E-state index is 12.5. The Balaban J connectivity index is 2.18. The first-order valence-corrected chi connectivity index (χ1v) is 7.95. The topological polar surface area (TPSA) is 67.2 Å². The second-order valence-electron chi connectivity index (χ2n) is 5.74. The van der Waals surface area contributed by atoms with Gasteiger partial charge in [0.15, 0.2) is 0 Å². The van der Waals surface area contributed by atoms with Crippen LogP contribution >= 0.6 is 15.9 Å². The zero-order chi connectivity index (χ0) is 14.7. The first-order valence-electron chi connectivity index (χ1n) is 7.16. The molecule has 1 fully saturated rings. The summed E-state index contributed by atoms with van der Waals surface area (Å²) in [6, 6.07) is 0.0172. The Bertz CT molecular complexity index is 514. The van der Waals surface area contributed by atoms with Crippen LogP contribution in [0.2, 0.25) is 0 Å². The van der Waals surface area contributed by atoms with E-state index in [0.29, 0.717) is 22.6 Å². The monoisotopic (exact) mass is 343 g/mol. The van der Waals surface area contributed by atoms with Crippen molar-refractivity contribution >= 4 is 21.6 Å². The van der Waals surface area contributed by atoms with Crippen molar-refractivity contribution in [1.82, 2.24) is 9.78 Å². The van der Waals surface area contributed by atoms with Gasteiger partial charge in [-0.3, -0.25) is 4.79 Å². The summed E-state index contributed by atoms with van der Waals surface area (Å²) in [7, 11) is 0. The van der Waals surface area contributed by atoms with Crippen LogP contribution in [0.1, 0.15) is 33.1 Å². The molecule has 1 aliphatic rings. The molecule has 0 saturated heterocycles. The van der Waals surface area contributed by atoms with Gasteiger partial charge < -0.3 is 10.4 Å². The molecular weight excluding hydrogens is 322 g/mol. The molecule has 2 rings (SSSR count). The predicted molar refractivity (Wildman–Crippen MR) is 82.9 cm³/mol. The Hall–Kier alpha value is -0.880. The highest BCUT2D eigenvalue weighted by atomic mass is 79.9. The third-order valence-electron chi connectivity index (χ3n) is 4.17. The van der Waals surface area contributed by atoms with E-state index in [1.165, 1.54) is 19.3 Å². The van der Waals surface area contributed by atoms with Gasteiger partial charge in [0, 0.05) is 19.2 Å². The van der Waals surface area contributed by atoms with Crippen LogP contribution in [0.15, 0.2) is 15.5 Å². The molecule has 6 heteroatoms. The van der Waals surface area contributed by atoms with Gasteiger partial charge in [-0.05, 0) is 47.5 Å². The van der Waals surface area contributed by atoms with Gasteiger partial charge in [-0.2, -0.15) is 5.10 Å². The van der Waals surface area contributed by atoms with Gasteiger partial charge in [-0.25, -0.2) is 4.68 Å². The maximum Gasteiger partial charge on any atom is 0.291 e. The van der Waals surface area contributed by atoms with E-state index in [2.05, 4.69) is 26.3 Å². The zero-order valence-corrected chi connectivity index (χ0v) is 13.6. The van der Waals surface area contributed by atoms with Crippen molar-refractivity contribution in [2.24, 2.45) is 11.8 Å². The maximum atomic E-state index is 12.5. The smallest absolute Gasteiger partial charge is 0.291 e. The van der Waals surface area contributed by atoms with E-state index >= 15 is 0 Å². The summed E-state index contributed by atoms with van der Waals surface area (Å²) in [5.41, 5.74) is 0.440. The third-order valence-corrected chi connectivity index (χ3v) is 4.77. The minimum atomic E-state index is -0.0942. The van der Waals surface area contributed by atoms with Crippen LogP contribution < -0.4 is 10.9 Å². The SMILES string of the molecule is CC(CO)C(C)Nc1c(Br)cnn(CC2CCC2)c1=O. The summed E-state index contributed by atoms with van der Waals surface area (Å²) in [4.78, 5) is 12.5. The fourth-order valence-corrected chi connectivity index (χ4v) is 2.55. The Morgan fingerprint density at radius 2 is 2.25 bits per heavy atom. The van der Waals surface area contributed by atoms with Crippen molar-refractivity contribution in [2.45, 2.75) is 45.7 Å². The van der Waals surface area contributed by atoms with Crippen molar-refractivity contribution in [1.29, 1.82) is 0 Å². The molecule has 1 heterocycles. The molecule has 0 bridgehead atoms. The Kier molecular flexibility index (Phi) is 5.21. The van der Waals surface area contributed by atoms with Gasteiger partial charge >= 0.3 is 0 Å². The summed E-state index contributed by atoms with van der Waals surface area (Å²) in [5, 5.41) is 16.6. The number of halogens is 1. The van der Waals surface area contributed by atoms with Crippen LogP contribution in [0.5, 0.6) is 0 Å². The molecule has 0 aliphatic heterocycles. The molecule has 0 aromatic carbocycles. The van der Waals surface area contributed by atoms with Crippen molar-refractivity contribution in [3.8, 4) is 0 Å². The van der Waals surface area contributed by atoms with E-state index in [4.69, 9.17) is 0 Å². The van der Waals surface area contributed by atoms with Crippen molar-refractivity contribution in [2.75, 3.05) is 11.9 Å². The Labute approximate surface area is 127 Å². The third kappa shape index (κ3) is 3.41. The van der Waals surface area contributed by atoms with Crippen LogP contribution in [0, 0.1) is 11.8 Å². The molecule has 1 aromatic heterocycles.